The van der Waals surface area contributed by atoms with Crippen molar-refractivity contribution in [1.29, 1.82) is 0 Å². The van der Waals surface area contributed by atoms with Crippen molar-refractivity contribution in [1.82, 2.24) is 14.6 Å². The Morgan fingerprint density at radius 2 is 2.07 bits per heavy atom. The van der Waals surface area contributed by atoms with Crippen LogP contribution < -0.4 is 4.90 Å². The monoisotopic (exact) mass is 394 g/mol. The van der Waals surface area contributed by atoms with Gasteiger partial charge in [0.15, 0.2) is 11.9 Å². The fraction of sp³-hybridized carbons (Fsp3) is 0.333. The highest BCUT2D eigenvalue weighted by molar-refractivity contribution is 5.91. The molecule has 4 rings (SSSR count). The van der Waals surface area contributed by atoms with E-state index in [0.717, 1.165) is 12.8 Å². The molecule has 1 aliphatic carbocycles. The quantitative estimate of drug-likeness (QED) is 0.676. The first-order valence-electron chi connectivity index (χ1n) is 9.42. The van der Waals surface area contributed by atoms with Crippen molar-refractivity contribution in [2.24, 2.45) is 0 Å². The number of carbonyl (C=O) groups excluding carboxylic acids is 2. The molecule has 3 aromatic rings. The molecular weight excluding hydrogens is 372 g/mol. The first-order chi connectivity index (χ1) is 13.8. The van der Waals surface area contributed by atoms with Crippen LogP contribution in [0.2, 0.25) is 0 Å². The van der Waals surface area contributed by atoms with Gasteiger partial charge >= 0.3 is 6.09 Å². The van der Waals surface area contributed by atoms with Crippen LogP contribution in [0.3, 0.4) is 0 Å². The number of anilines is 1. The zero-order chi connectivity index (χ0) is 20.8. The Morgan fingerprint density at radius 1 is 1.31 bits per heavy atom. The predicted octanol–water partition coefficient (Wildman–Crippen LogP) is 3.82. The van der Waals surface area contributed by atoms with Gasteiger partial charge in [-0.15, -0.1) is 0 Å². The number of carbonyl (C=O) groups is 2. The molecule has 1 aromatic carbocycles. The smallest absolute Gasteiger partial charge is 0.416 e. The van der Waals surface area contributed by atoms with Crippen molar-refractivity contribution >= 4 is 23.8 Å². The first kappa shape index (κ1) is 18.9. The fourth-order valence-electron chi connectivity index (χ4n) is 3.11. The average molecular weight is 394 g/mol. The minimum atomic E-state index is -0.650. The van der Waals surface area contributed by atoms with Gasteiger partial charge in [0.2, 0.25) is 0 Å². The summed E-state index contributed by atoms with van der Waals surface area (Å²) in [5, 5.41) is 14.1. The molecule has 0 bridgehead atoms. The molecule has 1 N–H and O–H groups in total. The fourth-order valence-corrected chi connectivity index (χ4v) is 3.11. The van der Waals surface area contributed by atoms with Crippen LogP contribution in [0.5, 0.6) is 5.75 Å². The van der Waals surface area contributed by atoms with Crippen LogP contribution in [0, 0.1) is 0 Å². The molecular formula is C21H22N4O4. The van der Waals surface area contributed by atoms with Crippen molar-refractivity contribution < 1.29 is 19.4 Å². The second kappa shape index (κ2) is 6.88. The first-order valence-corrected chi connectivity index (χ1v) is 9.42. The molecule has 0 saturated heterocycles. The SMILES string of the molecule is CC(C)(C)OC(=O)N(c1cc(-c2cccc(O)c2)nc2c(C=O)cnn12)C1CC1. The zero-order valence-electron chi connectivity index (χ0n) is 16.5. The highest BCUT2D eigenvalue weighted by Gasteiger charge is 2.38. The highest BCUT2D eigenvalue weighted by Crippen LogP contribution is 2.35. The normalized spacial score (nSPS) is 14.0. The molecule has 0 spiro atoms. The van der Waals surface area contributed by atoms with Crippen molar-refractivity contribution in [2.75, 3.05) is 4.90 Å². The number of amides is 1. The number of nitrogens with zero attached hydrogens (tertiary/aromatic N) is 4. The summed E-state index contributed by atoms with van der Waals surface area (Å²) < 4.78 is 7.10. The van der Waals surface area contributed by atoms with Crippen LogP contribution >= 0.6 is 0 Å². The molecule has 8 nitrogen and oxygen atoms in total. The molecule has 0 unspecified atom stereocenters. The standard InChI is InChI=1S/C21H22N4O4/c1-21(2,3)29-20(28)24(15-7-8-15)18-10-17(13-5-4-6-16(27)9-13)23-19-14(12-26)11-22-25(18)19/h4-6,9-12,15,27H,7-8H2,1-3H3. The molecule has 0 atom stereocenters. The summed E-state index contributed by atoms with van der Waals surface area (Å²) in [6.07, 6.45) is 3.34. The molecule has 0 aliphatic heterocycles. The van der Waals surface area contributed by atoms with Crippen LogP contribution in [-0.4, -0.2) is 43.7 Å². The molecule has 1 saturated carbocycles. The van der Waals surface area contributed by atoms with Gasteiger partial charge in [-0.2, -0.15) is 9.61 Å². The minimum Gasteiger partial charge on any atom is -0.508 e. The maximum absolute atomic E-state index is 13.0. The summed E-state index contributed by atoms with van der Waals surface area (Å²) in [5.41, 5.74) is 1.17. The Labute approximate surface area is 167 Å². The molecule has 1 fully saturated rings. The van der Waals surface area contributed by atoms with E-state index in [0.29, 0.717) is 34.6 Å². The molecule has 1 amide bonds. The Kier molecular flexibility index (Phi) is 4.49. The second-order valence-corrected chi connectivity index (χ2v) is 8.08. The number of fused-ring (bicyclic) bond motifs is 1. The lowest BCUT2D eigenvalue weighted by Gasteiger charge is -2.27. The summed E-state index contributed by atoms with van der Waals surface area (Å²) >= 11 is 0. The Hall–Kier alpha value is -3.42. The lowest BCUT2D eigenvalue weighted by atomic mass is 10.1. The van der Waals surface area contributed by atoms with Gasteiger partial charge in [0.1, 0.15) is 17.2 Å². The summed E-state index contributed by atoms with van der Waals surface area (Å²) in [4.78, 5) is 30.6. The largest absolute Gasteiger partial charge is 0.508 e. The van der Waals surface area contributed by atoms with Crippen molar-refractivity contribution in [3.63, 3.8) is 0 Å². The van der Waals surface area contributed by atoms with E-state index >= 15 is 0 Å². The maximum atomic E-state index is 13.0. The number of aromatic hydroxyl groups is 1. The van der Waals surface area contributed by atoms with E-state index < -0.39 is 11.7 Å². The van der Waals surface area contributed by atoms with Gasteiger partial charge in [0.05, 0.1) is 17.5 Å². The molecule has 150 valence electrons. The number of rotatable bonds is 4. The summed E-state index contributed by atoms with van der Waals surface area (Å²) in [6.45, 7) is 5.44. The number of hydrogen-bond donors (Lipinski definition) is 1. The van der Waals surface area contributed by atoms with Gasteiger partial charge < -0.3 is 9.84 Å². The summed E-state index contributed by atoms with van der Waals surface area (Å²) in [6, 6.07) is 8.38. The van der Waals surface area contributed by atoms with Gasteiger partial charge in [-0.3, -0.25) is 9.69 Å². The van der Waals surface area contributed by atoms with E-state index in [1.54, 1.807) is 35.2 Å². The van der Waals surface area contributed by atoms with E-state index in [9.17, 15) is 14.7 Å². The summed E-state index contributed by atoms with van der Waals surface area (Å²) in [7, 11) is 0. The van der Waals surface area contributed by atoms with Crippen LogP contribution in [0.25, 0.3) is 16.9 Å². The lowest BCUT2D eigenvalue weighted by molar-refractivity contribution is 0.0576. The molecule has 1 aliphatic rings. The van der Waals surface area contributed by atoms with Gasteiger partial charge in [-0.05, 0) is 45.7 Å². The van der Waals surface area contributed by atoms with Crippen LogP contribution in [0.4, 0.5) is 10.6 Å². The van der Waals surface area contributed by atoms with Crippen molar-refractivity contribution in [3.8, 4) is 17.0 Å². The predicted molar refractivity (Wildman–Crippen MR) is 107 cm³/mol. The number of benzene rings is 1. The van der Waals surface area contributed by atoms with Crippen molar-refractivity contribution in [2.45, 2.75) is 45.3 Å². The van der Waals surface area contributed by atoms with Crippen LogP contribution in [0.15, 0.2) is 36.5 Å². The van der Waals surface area contributed by atoms with E-state index in [1.165, 1.54) is 10.7 Å². The van der Waals surface area contributed by atoms with E-state index in [-0.39, 0.29) is 11.8 Å². The number of aromatic nitrogens is 3. The van der Waals surface area contributed by atoms with Gasteiger partial charge in [-0.25, -0.2) is 9.78 Å². The van der Waals surface area contributed by atoms with Gasteiger partial charge in [0.25, 0.3) is 0 Å². The topological polar surface area (TPSA) is 97.0 Å². The van der Waals surface area contributed by atoms with Crippen LogP contribution in [-0.2, 0) is 4.74 Å². The number of aldehydes is 1. The molecule has 29 heavy (non-hydrogen) atoms. The third-order valence-corrected chi connectivity index (χ3v) is 4.50. The molecule has 2 heterocycles. The summed E-state index contributed by atoms with van der Waals surface area (Å²) in [5.74, 6) is 0.569. The third-order valence-electron chi connectivity index (χ3n) is 4.50. The highest BCUT2D eigenvalue weighted by atomic mass is 16.6. The Balaban J connectivity index is 1.91. The van der Waals surface area contributed by atoms with E-state index in [1.807, 2.05) is 20.8 Å². The number of hydrogen-bond acceptors (Lipinski definition) is 6. The zero-order valence-corrected chi connectivity index (χ0v) is 16.5. The van der Waals surface area contributed by atoms with Gasteiger partial charge in [-0.1, -0.05) is 12.1 Å². The van der Waals surface area contributed by atoms with E-state index in [2.05, 4.69) is 10.1 Å². The molecule has 0 radical (unpaired) electrons. The second-order valence-electron chi connectivity index (χ2n) is 8.08. The Bertz CT molecular complexity index is 1100. The molecule has 8 heteroatoms. The van der Waals surface area contributed by atoms with Crippen molar-refractivity contribution in [3.05, 3.63) is 42.1 Å². The Morgan fingerprint density at radius 3 is 2.69 bits per heavy atom. The third kappa shape index (κ3) is 3.78. The molecule has 2 aromatic heterocycles. The van der Waals surface area contributed by atoms with Gasteiger partial charge in [0, 0.05) is 17.7 Å². The maximum Gasteiger partial charge on any atom is 0.416 e. The minimum absolute atomic E-state index is 0.00337. The lowest BCUT2D eigenvalue weighted by Crippen LogP contribution is -2.39. The van der Waals surface area contributed by atoms with E-state index in [4.69, 9.17) is 4.74 Å². The number of phenols is 1. The van der Waals surface area contributed by atoms with Crippen LogP contribution in [0.1, 0.15) is 44.0 Å². The average Bonchev–Trinajstić information content (AvgIpc) is 3.38. The number of ether oxygens (including phenoxy) is 1. The number of phenolic OH excluding ortho intramolecular Hbond substituents is 1.